The Bertz CT molecular complexity index is 511. The summed E-state index contributed by atoms with van der Waals surface area (Å²) in [5.41, 5.74) is 6.36. The minimum Gasteiger partial charge on any atom is -0.480 e. The Kier molecular flexibility index (Phi) is 4.22. The van der Waals surface area contributed by atoms with Crippen molar-refractivity contribution < 1.29 is 22.9 Å². The van der Waals surface area contributed by atoms with E-state index in [1.807, 2.05) is 0 Å². The fourth-order valence-corrected chi connectivity index (χ4v) is 2.00. The molecule has 7 heteroatoms. The van der Waals surface area contributed by atoms with E-state index in [0.29, 0.717) is 11.1 Å². The highest BCUT2D eigenvalue weighted by molar-refractivity contribution is 7.85. The molecule has 1 atom stereocenters. The van der Waals surface area contributed by atoms with Gasteiger partial charge in [0.05, 0.1) is 0 Å². The summed E-state index contributed by atoms with van der Waals surface area (Å²) in [6, 6.07) is 5.25. The first kappa shape index (κ1) is 13.6. The van der Waals surface area contributed by atoms with Gasteiger partial charge in [-0.2, -0.15) is 8.42 Å². The van der Waals surface area contributed by atoms with Crippen molar-refractivity contribution >= 4 is 16.1 Å². The van der Waals surface area contributed by atoms with Crippen molar-refractivity contribution in [2.75, 3.05) is 0 Å². The number of aliphatic carboxylic acids is 1. The Morgan fingerprint density at radius 3 is 2.47 bits per heavy atom. The molecule has 0 radical (unpaired) electrons. The predicted molar refractivity (Wildman–Crippen MR) is 61.0 cm³/mol. The van der Waals surface area contributed by atoms with E-state index in [-0.39, 0.29) is 6.42 Å². The normalized spacial score (nSPS) is 13.3. The second-order valence-corrected chi connectivity index (χ2v) is 5.15. The molecule has 0 amide bonds. The lowest BCUT2D eigenvalue weighted by Gasteiger charge is -2.07. The van der Waals surface area contributed by atoms with Crippen molar-refractivity contribution in [1.29, 1.82) is 0 Å². The van der Waals surface area contributed by atoms with Crippen LogP contribution in [-0.4, -0.2) is 30.1 Å². The van der Waals surface area contributed by atoms with Gasteiger partial charge in [-0.3, -0.25) is 9.35 Å². The lowest BCUT2D eigenvalue weighted by atomic mass is 10.0. The molecule has 1 rings (SSSR count). The molecule has 6 nitrogen and oxygen atoms in total. The molecule has 0 aliphatic rings. The molecule has 17 heavy (non-hydrogen) atoms. The molecule has 0 fully saturated rings. The van der Waals surface area contributed by atoms with Crippen molar-refractivity contribution in [1.82, 2.24) is 0 Å². The largest absolute Gasteiger partial charge is 0.480 e. The van der Waals surface area contributed by atoms with Gasteiger partial charge in [0.2, 0.25) is 0 Å². The van der Waals surface area contributed by atoms with Crippen LogP contribution in [0.5, 0.6) is 0 Å². The Balaban J connectivity index is 2.83. The molecule has 0 saturated carbocycles. The van der Waals surface area contributed by atoms with Crippen LogP contribution in [0.3, 0.4) is 0 Å². The van der Waals surface area contributed by atoms with E-state index in [2.05, 4.69) is 0 Å². The molecule has 94 valence electrons. The third-order valence-corrected chi connectivity index (χ3v) is 2.81. The van der Waals surface area contributed by atoms with Gasteiger partial charge in [0.1, 0.15) is 11.8 Å². The Labute approximate surface area is 98.8 Å². The molecular weight excluding hydrogens is 246 g/mol. The number of rotatable bonds is 5. The van der Waals surface area contributed by atoms with Crippen LogP contribution in [0.2, 0.25) is 0 Å². The number of benzene rings is 1. The fourth-order valence-electron chi connectivity index (χ4n) is 1.40. The molecule has 0 saturated heterocycles. The third-order valence-electron chi connectivity index (χ3n) is 2.11. The summed E-state index contributed by atoms with van der Waals surface area (Å²) >= 11 is 0. The molecule has 0 aromatic heterocycles. The first-order valence-electron chi connectivity index (χ1n) is 4.79. The SMILES string of the molecule is N[C@H](Cc1cccc(CS(=O)(=O)O)c1)C(=O)O. The van der Waals surface area contributed by atoms with Crippen molar-refractivity contribution in [2.45, 2.75) is 18.2 Å². The number of hydrogen-bond donors (Lipinski definition) is 3. The molecule has 0 aliphatic carbocycles. The number of nitrogens with two attached hydrogens (primary N) is 1. The van der Waals surface area contributed by atoms with Crippen LogP contribution in [0, 0.1) is 0 Å². The molecule has 0 aliphatic heterocycles. The molecule has 0 heterocycles. The highest BCUT2D eigenvalue weighted by atomic mass is 32.2. The Morgan fingerprint density at radius 1 is 1.35 bits per heavy atom. The summed E-state index contributed by atoms with van der Waals surface area (Å²) in [7, 11) is -4.09. The highest BCUT2D eigenvalue weighted by Crippen LogP contribution is 2.10. The van der Waals surface area contributed by atoms with Crippen molar-refractivity contribution in [3.05, 3.63) is 35.4 Å². The zero-order chi connectivity index (χ0) is 13.1. The summed E-state index contributed by atoms with van der Waals surface area (Å²) in [4.78, 5) is 10.6. The van der Waals surface area contributed by atoms with Gasteiger partial charge in [0, 0.05) is 0 Å². The maximum absolute atomic E-state index is 10.7. The highest BCUT2D eigenvalue weighted by Gasteiger charge is 2.13. The molecular formula is C10H13NO5S. The molecule has 1 aromatic carbocycles. The molecule has 4 N–H and O–H groups in total. The Morgan fingerprint density at radius 2 is 1.94 bits per heavy atom. The summed E-state index contributed by atoms with van der Waals surface area (Å²) in [6.07, 6.45) is 0.106. The predicted octanol–water partition coefficient (Wildman–Crippen LogP) is 0.0288. The maximum Gasteiger partial charge on any atom is 0.320 e. The van der Waals surface area contributed by atoms with Crippen LogP contribution in [0.25, 0.3) is 0 Å². The number of hydrogen-bond acceptors (Lipinski definition) is 4. The second-order valence-electron chi connectivity index (χ2n) is 3.70. The van der Waals surface area contributed by atoms with E-state index in [9.17, 15) is 13.2 Å². The minimum absolute atomic E-state index is 0.106. The van der Waals surface area contributed by atoms with Crippen LogP contribution < -0.4 is 5.73 Å². The standard InChI is InChI=1S/C10H13NO5S/c11-9(10(12)13)5-7-2-1-3-8(4-7)6-17(14,15)16/h1-4,9H,5-6,11H2,(H,12,13)(H,14,15,16)/t9-/m1/s1. The molecule has 0 bridgehead atoms. The van der Waals surface area contributed by atoms with Gasteiger partial charge in [0.25, 0.3) is 10.1 Å². The number of carboxylic acids is 1. The third kappa shape index (κ3) is 4.94. The van der Waals surface area contributed by atoms with Crippen molar-refractivity contribution in [3.63, 3.8) is 0 Å². The van der Waals surface area contributed by atoms with Gasteiger partial charge in [-0.05, 0) is 17.5 Å². The molecule has 0 unspecified atom stereocenters. The van der Waals surface area contributed by atoms with Gasteiger partial charge in [-0.15, -0.1) is 0 Å². The van der Waals surface area contributed by atoms with Crippen LogP contribution in [0.15, 0.2) is 24.3 Å². The van der Waals surface area contributed by atoms with E-state index in [1.165, 1.54) is 12.1 Å². The molecule has 0 spiro atoms. The van der Waals surface area contributed by atoms with E-state index in [1.54, 1.807) is 12.1 Å². The van der Waals surface area contributed by atoms with Gasteiger partial charge in [-0.1, -0.05) is 24.3 Å². The quantitative estimate of drug-likeness (QED) is 0.642. The summed E-state index contributed by atoms with van der Waals surface area (Å²) in [5, 5.41) is 8.64. The lowest BCUT2D eigenvalue weighted by Crippen LogP contribution is -2.32. The van der Waals surface area contributed by atoms with Crippen LogP contribution in [0.4, 0.5) is 0 Å². The smallest absolute Gasteiger partial charge is 0.320 e. The summed E-state index contributed by atoms with van der Waals surface area (Å²) in [6.45, 7) is 0. The van der Waals surface area contributed by atoms with E-state index in [4.69, 9.17) is 15.4 Å². The van der Waals surface area contributed by atoms with Crippen LogP contribution in [0.1, 0.15) is 11.1 Å². The van der Waals surface area contributed by atoms with Gasteiger partial charge in [0.15, 0.2) is 0 Å². The van der Waals surface area contributed by atoms with Crippen molar-refractivity contribution in [2.24, 2.45) is 5.73 Å². The van der Waals surface area contributed by atoms with Gasteiger partial charge >= 0.3 is 5.97 Å². The van der Waals surface area contributed by atoms with Crippen LogP contribution in [-0.2, 0) is 27.1 Å². The fraction of sp³-hybridized carbons (Fsp3) is 0.300. The average molecular weight is 259 g/mol. The number of carboxylic acid groups (broad SMARTS) is 1. The van der Waals surface area contributed by atoms with E-state index >= 15 is 0 Å². The van der Waals surface area contributed by atoms with E-state index < -0.39 is 27.9 Å². The summed E-state index contributed by atoms with van der Waals surface area (Å²) < 4.78 is 30.0. The lowest BCUT2D eigenvalue weighted by molar-refractivity contribution is -0.138. The summed E-state index contributed by atoms with van der Waals surface area (Å²) in [5.74, 6) is -1.62. The maximum atomic E-state index is 10.7. The zero-order valence-electron chi connectivity index (χ0n) is 8.91. The van der Waals surface area contributed by atoms with Gasteiger partial charge in [-0.25, -0.2) is 0 Å². The second kappa shape index (κ2) is 5.26. The van der Waals surface area contributed by atoms with Gasteiger partial charge < -0.3 is 10.8 Å². The molecule has 1 aromatic rings. The van der Waals surface area contributed by atoms with E-state index in [0.717, 1.165) is 0 Å². The Hall–Kier alpha value is -1.44. The first-order valence-corrected chi connectivity index (χ1v) is 6.40. The topological polar surface area (TPSA) is 118 Å². The zero-order valence-corrected chi connectivity index (χ0v) is 9.72. The van der Waals surface area contributed by atoms with Crippen LogP contribution >= 0.6 is 0 Å². The monoisotopic (exact) mass is 259 g/mol. The van der Waals surface area contributed by atoms with Crippen molar-refractivity contribution in [3.8, 4) is 0 Å². The average Bonchev–Trinajstić information content (AvgIpc) is 2.15. The first-order chi connectivity index (χ1) is 7.78. The minimum atomic E-state index is -4.09. The number of carbonyl (C=O) groups is 1.